The zero-order chi connectivity index (χ0) is 19.2. The minimum absolute atomic E-state index is 0.0190. The Labute approximate surface area is 172 Å². The Morgan fingerprint density at radius 3 is 2.86 bits per heavy atom. The molecule has 0 bridgehead atoms. The van der Waals surface area contributed by atoms with Crippen LogP contribution in [0.5, 0.6) is 0 Å². The molecule has 0 N–H and O–H groups in total. The molecule has 3 aromatic rings. The van der Waals surface area contributed by atoms with E-state index in [1.807, 2.05) is 52.8 Å². The molecule has 0 aliphatic carbocycles. The highest BCUT2D eigenvalue weighted by Gasteiger charge is 2.18. The van der Waals surface area contributed by atoms with Gasteiger partial charge in [0, 0.05) is 37.1 Å². The smallest absolute Gasteiger partial charge is 0.252 e. The van der Waals surface area contributed by atoms with Crippen molar-refractivity contribution in [3.8, 4) is 0 Å². The fraction of sp³-hybridized carbons (Fsp3) is 0.333. The van der Waals surface area contributed by atoms with Crippen molar-refractivity contribution in [3.05, 3.63) is 52.7 Å². The Bertz CT molecular complexity index is 897. The highest BCUT2D eigenvalue weighted by molar-refractivity contribution is 7.22. The van der Waals surface area contributed by atoms with Crippen molar-refractivity contribution >= 4 is 50.0 Å². The van der Waals surface area contributed by atoms with E-state index in [2.05, 4.69) is 4.90 Å². The molecular formula is C21H23N3O2S2. The number of rotatable bonds is 7. The number of ether oxygens (including phenoxy) is 1. The maximum absolute atomic E-state index is 13.0. The highest BCUT2D eigenvalue weighted by atomic mass is 32.1. The Hall–Kier alpha value is -2.06. The molecule has 0 spiro atoms. The predicted octanol–water partition coefficient (Wildman–Crippen LogP) is 4.13. The average Bonchev–Trinajstić information content (AvgIpc) is 3.39. The molecule has 1 amide bonds. The number of fused-ring (bicyclic) bond motifs is 1. The van der Waals surface area contributed by atoms with Gasteiger partial charge in [0.15, 0.2) is 5.13 Å². The van der Waals surface area contributed by atoms with Crippen LogP contribution in [0.25, 0.3) is 16.3 Å². The topological polar surface area (TPSA) is 45.7 Å². The van der Waals surface area contributed by atoms with Gasteiger partial charge in [-0.15, -0.1) is 11.3 Å². The van der Waals surface area contributed by atoms with Crippen molar-refractivity contribution in [2.24, 2.45) is 0 Å². The van der Waals surface area contributed by atoms with Crippen LogP contribution in [0.15, 0.2) is 47.9 Å². The van der Waals surface area contributed by atoms with E-state index in [-0.39, 0.29) is 5.91 Å². The molecular weight excluding hydrogens is 390 g/mol. The molecule has 4 rings (SSSR count). The van der Waals surface area contributed by atoms with E-state index in [1.165, 1.54) is 0 Å². The van der Waals surface area contributed by atoms with Crippen LogP contribution in [0.4, 0.5) is 5.13 Å². The summed E-state index contributed by atoms with van der Waals surface area (Å²) in [6.45, 7) is 5.15. The molecule has 1 aliphatic rings. The fourth-order valence-electron chi connectivity index (χ4n) is 3.18. The lowest BCUT2D eigenvalue weighted by molar-refractivity contribution is -0.114. The van der Waals surface area contributed by atoms with Crippen LogP contribution in [0, 0.1) is 0 Å². The van der Waals surface area contributed by atoms with Crippen molar-refractivity contribution in [3.63, 3.8) is 0 Å². The number of thiazole rings is 1. The summed E-state index contributed by atoms with van der Waals surface area (Å²) in [5.41, 5.74) is 0.940. The van der Waals surface area contributed by atoms with Gasteiger partial charge in [-0.2, -0.15) is 0 Å². The molecule has 1 saturated heterocycles. The lowest BCUT2D eigenvalue weighted by atomic mass is 10.3. The first-order valence-corrected chi connectivity index (χ1v) is 11.2. The van der Waals surface area contributed by atoms with Crippen molar-refractivity contribution in [1.29, 1.82) is 0 Å². The van der Waals surface area contributed by atoms with Crippen LogP contribution in [-0.2, 0) is 9.53 Å². The lowest BCUT2D eigenvalue weighted by Gasteiger charge is -2.27. The molecule has 1 fully saturated rings. The van der Waals surface area contributed by atoms with Gasteiger partial charge in [-0.1, -0.05) is 29.5 Å². The molecule has 0 atom stereocenters. The van der Waals surface area contributed by atoms with Crippen LogP contribution in [-0.4, -0.2) is 55.2 Å². The van der Waals surface area contributed by atoms with Crippen LogP contribution in [0.2, 0.25) is 0 Å². The summed E-state index contributed by atoms with van der Waals surface area (Å²) in [6, 6.07) is 12.0. The van der Waals surface area contributed by atoms with E-state index in [9.17, 15) is 4.79 Å². The largest absolute Gasteiger partial charge is 0.379 e. The molecule has 0 radical (unpaired) electrons. The quantitative estimate of drug-likeness (QED) is 0.547. The Balaban J connectivity index is 1.48. The first kappa shape index (κ1) is 19.3. The van der Waals surface area contributed by atoms with E-state index in [4.69, 9.17) is 9.72 Å². The summed E-state index contributed by atoms with van der Waals surface area (Å²) in [5, 5.41) is 2.78. The summed E-state index contributed by atoms with van der Waals surface area (Å²) in [6.07, 6.45) is 4.45. The van der Waals surface area contributed by atoms with E-state index in [0.29, 0.717) is 6.54 Å². The molecule has 7 heteroatoms. The van der Waals surface area contributed by atoms with Crippen LogP contribution in [0.1, 0.15) is 11.3 Å². The third kappa shape index (κ3) is 4.86. The van der Waals surface area contributed by atoms with Crippen LogP contribution < -0.4 is 4.90 Å². The van der Waals surface area contributed by atoms with Crippen molar-refractivity contribution in [2.45, 2.75) is 6.42 Å². The summed E-state index contributed by atoms with van der Waals surface area (Å²) in [5.74, 6) is -0.0190. The van der Waals surface area contributed by atoms with Gasteiger partial charge >= 0.3 is 0 Å². The fourth-order valence-corrected chi connectivity index (χ4v) is 4.80. The molecule has 2 aromatic heterocycles. The minimum atomic E-state index is -0.0190. The van der Waals surface area contributed by atoms with Gasteiger partial charge < -0.3 is 4.74 Å². The average molecular weight is 414 g/mol. The van der Waals surface area contributed by atoms with Crippen molar-refractivity contribution in [2.75, 3.05) is 44.3 Å². The second kappa shape index (κ2) is 9.43. The number of morpholine rings is 1. The molecule has 28 heavy (non-hydrogen) atoms. The molecule has 1 aliphatic heterocycles. The monoisotopic (exact) mass is 413 g/mol. The van der Waals surface area contributed by atoms with Gasteiger partial charge in [-0.3, -0.25) is 14.6 Å². The molecule has 3 heterocycles. The van der Waals surface area contributed by atoms with Crippen molar-refractivity contribution in [1.82, 2.24) is 9.88 Å². The van der Waals surface area contributed by atoms with Gasteiger partial charge in [0.05, 0.1) is 23.4 Å². The molecule has 146 valence electrons. The highest BCUT2D eigenvalue weighted by Crippen LogP contribution is 2.29. The second-order valence-electron chi connectivity index (χ2n) is 6.61. The Morgan fingerprint density at radius 2 is 2.07 bits per heavy atom. The van der Waals surface area contributed by atoms with Gasteiger partial charge in [0.1, 0.15) is 0 Å². The van der Waals surface area contributed by atoms with E-state index in [1.54, 1.807) is 28.7 Å². The normalized spacial score (nSPS) is 15.4. The molecule has 1 aromatic carbocycles. The number of carbonyl (C=O) groups excluding carboxylic acids is 1. The van der Waals surface area contributed by atoms with Crippen molar-refractivity contribution < 1.29 is 9.53 Å². The maximum Gasteiger partial charge on any atom is 0.252 e. The number of hydrogen-bond acceptors (Lipinski definition) is 6. The molecule has 0 unspecified atom stereocenters. The summed E-state index contributed by atoms with van der Waals surface area (Å²) >= 11 is 3.20. The number of aromatic nitrogens is 1. The predicted molar refractivity (Wildman–Crippen MR) is 117 cm³/mol. The number of carbonyl (C=O) groups is 1. The van der Waals surface area contributed by atoms with Gasteiger partial charge in [-0.25, -0.2) is 4.98 Å². The zero-order valence-corrected chi connectivity index (χ0v) is 17.3. The number of benzene rings is 1. The molecule has 0 saturated carbocycles. The molecule has 5 nitrogen and oxygen atoms in total. The standard InChI is InChI=1S/C21H23N3O2S2/c25-20(9-8-17-5-3-16-27-17)24(11-4-10-23-12-14-26-15-13-23)21-22-18-6-1-2-7-19(18)28-21/h1-3,5-9,16H,4,10-15H2/b9-8+. The number of nitrogens with zero attached hydrogens (tertiary/aromatic N) is 3. The summed E-state index contributed by atoms with van der Waals surface area (Å²) < 4.78 is 6.52. The van der Waals surface area contributed by atoms with Gasteiger partial charge in [0.25, 0.3) is 5.91 Å². The number of anilines is 1. The van der Waals surface area contributed by atoms with Crippen LogP contribution in [0.3, 0.4) is 0 Å². The second-order valence-corrected chi connectivity index (χ2v) is 8.60. The van der Waals surface area contributed by atoms with E-state index in [0.717, 1.165) is 59.5 Å². The maximum atomic E-state index is 13.0. The first-order valence-electron chi connectivity index (χ1n) is 9.48. The third-order valence-corrected chi connectivity index (χ3v) is 6.57. The van der Waals surface area contributed by atoms with Gasteiger partial charge in [0.2, 0.25) is 0 Å². The summed E-state index contributed by atoms with van der Waals surface area (Å²) in [7, 11) is 0. The van der Waals surface area contributed by atoms with E-state index < -0.39 is 0 Å². The Kier molecular flexibility index (Phi) is 6.49. The van der Waals surface area contributed by atoms with Crippen LogP contribution >= 0.6 is 22.7 Å². The zero-order valence-electron chi connectivity index (χ0n) is 15.6. The minimum Gasteiger partial charge on any atom is -0.379 e. The van der Waals surface area contributed by atoms with E-state index >= 15 is 0 Å². The lowest BCUT2D eigenvalue weighted by Crippen LogP contribution is -2.39. The number of hydrogen-bond donors (Lipinski definition) is 0. The van der Waals surface area contributed by atoms with Gasteiger partial charge in [-0.05, 0) is 36.1 Å². The number of para-hydroxylation sites is 1. The number of amides is 1. The summed E-state index contributed by atoms with van der Waals surface area (Å²) in [4.78, 5) is 23.0. The first-order chi connectivity index (χ1) is 13.8. The Morgan fingerprint density at radius 1 is 1.21 bits per heavy atom. The number of thiophene rings is 1. The SMILES string of the molecule is O=C(/C=C/c1cccs1)N(CCCN1CCOCC1)c1nc2ccccc2s1. The third-order valence-electron chi connectivity index (χ3n) is 4.67.